The minimum absolute atomic E-state index is 0.0296. The highest BCUT2D eigenvalue weighted by Gasteiger charge is 2.14. The van der Waals surface area contributed by atoms with Crippen LogP contribution in [0.15, 0.2) is 18.2 Å². The Bertz CT molecular complexity index is 429. The van der Waals surface area contributed by atoms with E-state index in [1.165, 1.54) is 16.7 Å². The van der Waals surface area contributed by atoms with Crippen molar-refractivity contribution in [2.45, 2.75) is 59.0 Å². The number of hydrogen-bond acceptors (Lipinski definition) is 2. The zero-order valence-corrected chi connectivity index (χ0v) is 12.5. The molecule has 1 rings (SSSR count). The molecule has 2 unspecified atom stereocenters. The molecule has 1 aromatic rings. The van der Waals surface area contributed by atoms with Crippen LogP contribution in [-0.4, -0.2) is 11.9 Å². The molecule has 19 heavy (non-hydrogen) atoms. The lowest BCUT2D eigenvalue weighted by atomic mass is 10.00. The fourth-order valence-corrected chi connectivity index (χ4v) is 2.40. The van der Waals surface area contributed by atoms with Crippen LogP contribution >= 0.6 is 0 Å². The lowest BCUT2D eigenvalue weighted by Crippen LogP contribution is -2.33. The zero-order valence-electron chi connectivity index (χ0n) is 12.5. The van der Waals surface area contributed by atoms with Gasteiger partial charge in [0.05, 0.1) is 6.04 Å². The van der Waals surface area contributed by atoms with Gasteiger partial charge in [-0.3, -0.25) is 4.79 Å². The molecular formula is C16H26N2O. The number of carbonyl (C=O) groups is 1. The minimum Gasteiger partial charge on any atom is -0.350 e. The van der Waals surface area contributed by atoms with Crippen LogP contribution in [0.4, 0.5) is 0 Å². The van der Waals surface area contributed by atoms with E-state index in [9.17, 15) is 4.79 Å². The van der Waals surface area contributed by atoms with E-state index in [4.69, 9.17) is 5.73 Å². The normalized spacial score (nSPS) is 13.9. The Kier molecular flexibility index (Phi) is 6.03. The smallest absolute Gasteiger partial charge is 0.222 e. The van der Waals surface area contributed by atoms with E-state index in [2.05, 4.69) is 44.3 Å². The first-order valence-corrected chi connectivity index (χ1v) is 7.06. The summed E-state index contributed by atoms with van der Waals surface area (Å²) in [4.78, 5) is 11.9. The Morgan fingerprint density at radius 3 is 2.63 bits per heavy atom. The summed E-state index contributed by atoms with van der Waals surface area (Å²) in [6.07, 6.45) is 2.31. The molecule has 3 N–H and O–H groups in total. The van der Waals surface area contributed by atoms with Crippen molar-refractivity contribution >= 4 is 5.91 Å². The summed E-state index contributed by atoms with van der Waals surface area (Å²) in [5.41, 5.74) is 9.51. The highest BCUT2D eigenvalue weighted by molar-refractivity contribution is 5.77. The van der Waals surface area contributed by atoms with Gasteiger partial charge in [0.1, 0.15) is 0 Å². The quantitative estimate of drug-likeness (QED) is 0.828. The maximum atomic E-state index is 11.9. The monoisotopic (exact) mass is 262 g/mol. The molecule has 0 aliphatic carbocycles. The van der Waals surface area contributed by atoms with E-state index in [1.807, 2.05) is 6.92 Å². The van der Waals surface area contributed by atoms with E-state index in [0.717, 1.165) is 12.8 Å². The molecule has 0 fully saturated rings. The molecule has 1 amide bonds. The molecular weight excluding hydrogens is 236 g/mol. The lowest BCUT2D eigenvalue weighted by molar-refractivity contribution is -0.122. The van der Waals surface area contributed by atoms with Gasteiger partial charge in [0, 0.05) is 12.5 Å². The Labute approximate surface area is 116 Å². The van der Waals surface area contributed by atoms with Crippen molar-refractivity contribution in [2.75, 3.05) is 0 Å². The molecule has 2 atom stereocenters. The first-order valence-electron chi connectivity index (χ1n) is 7.06. The molecule has 1 aromatic carbocycles. The van der Waals surface area contributed by atoms with Crippen LogP contribution in [0, 0.1) is 13.8 Å². The van der Waals surface area contributed by atoms with Gasteiger partial charge in [-0.1, -0.05) is 37.1 Å². The summed E-state index contributed by atoms with van der Waals surface area (Å²) in [5.74, 6) is 0.0356. The topological polar surface area (TPSA) is 55.1 Å². The third kappa shape index (κ3) is 5.03. The molecule has 106 valence electrons. The van der Waals surface area contributed by atoms with Gasteiger partial charge in [0.2, 0.25) is 5.91 Å². The van der Waals surface area contributed by atoms with Crippen molar-refractivity contribution in [1.29, 1.82) is 0 Å². The third-order valence-corrected chi connectivity index (χ3v) is 3.38. The van der Waals surface area contributed by atoms with Crippen LogP contribution in [0.2, 0.25) is 0 Å². The van der Waals surface area contributed by atoms with Crippen molar-refractivity contribution in [3.05, 3.63) is 34.9 Å². The largest absolute Gasteiger partial charge is 0.350 e. The fraction of sp³-hybridized carbons (Fsp3) is 0.562. The lowest BCUT2D eigenvalue weighted by Gasteiger charge is -2.18. The average Bonchev–Trinajstić information content (AvgIpc) is 2.28. The van der Waals surface area contributed by atoms with Gasteiger partial charge in [-0.15, -0.1) is 0 Å². The average molecular weight is 262 g/mol. The highest BCUT2D eigenvalue weighted by atomic mass is 16.1. The van der Waals surface area contributed by atoms with Gasteiger partial charge in [-0.05, 0) is 38.3 Å². The van der Waals surface area contributed by atoms with Crippen LogP contribution < -0.4 is 11.1 Å². The standard InChI is InChI=1S/C16H26N2O/c1-5-6-14(17)10-16(19)18-13(4)15-8-7-11(2)9-12(15)3/h7-9,13-14H,5-6,10,17H2,1-4H3,(H,18,19). The molecule has 0 radical (unpaired) electrons. The second kappa shape index (κ2) is 7.29. The van der Waals surface area contributed by atoms with E-state index in [0.29, 0.717) is 6.42 Å². The third-order valence-electron chi connectivity index (χ3n) is 3.38. The maximum absolute atomic E-state index is 11.9. The second-order valence-electron chi connectivity index (χ2n) is 5.40. The number of rotatable bonds is 6. The summed E-state index contributed by atoms with van der Waals surface area (Å²) in [6.45, 7) is 8.24. The van der Waals surface area contributed by atoms with Gasteiger partial charge in [-0.2, -0.15) is 0 Å². The maximum Gasteiger partial charge on any atom is 0.222 e. The Morgan fingerprint density at radius 1 is 1.37 bits per heavy atom. The first kappa shape index (κ1) is 15.7. The van der Waals surface area contributed by atoms with Crippen LogP contribution in [0.25, 0.3) is 0 Å². The van der Waals surface area contributed by atoms with Crippen molar-refractivity contribution < 1.29 is 4.79 Å². The minimum atomic E-state index is -0.0312. The van der Waals surface area contributed by atoms with Crippen LogP contribution in [0.5, 0.6) is 0 Å². The number of amides is 1. The molecule has 0 saturated heterocycles. The van der Waals surface area contributed by atoms with Crippen molar-refractivity contribution in [2.24, 2.45) is 5.73 Å². The van der Waals surface area contributed by atoms with Crippen LogP contribution in [-0.2, 0) is 4.79 Å². The Hall–Kier alpha value is -1.35. The molecule has 0 saturated carbocycles. The van der Waals surface area contributed by atoms with Gasteiger partial charge < -0.3 is 11.1 Å². The Balaban J connectivity index is 2.59. The van der Waals surface area contributed by atoms with Gasteiger partial charge in [-0.25, -0.2) is 0 Å². The van der Waals surface area contributed by atoms with Gasteiger partial charge in [0.15, 0.2) is 0 Å². The molecule has 3 heteroatoms. The predicted molar refractivity (Wildman–Crippen MR) is 80.0 cm³/mol. The van der Waals surface area contributed by atoms with Crippen LogP contribution in [0.3, 0.4) is 0 Å². The number of benzene rings is 1. The second-order valence-corrected chi connectivity index (χ2v) is 5.40. The summed E-state index contributed by atoms with van der Waals surface area (Å²) in [7, 11) is 0. The SMILES string of the molecule is CCCC(N)CC(=O)NC(C)c1ccc(C)cc1C. The fourth-order valence-electron chi connectivity index (χ4n) is 2.40. The number of carbonyl (C=O) groups excluding carboxylic acids is 1. The van der Waals surface area contributed by atoms with E-state index in [-0.39, 0.29) is 18.0 Å². The molecule has 0 spiro atoms. The van der Waals surface area contributed by atoms with Gasteiger partial charge in [0.25, 0.3) is 0 Å². The molecule has 3 nitrogen and oxygen atoms in total. The Morgan fingerprint density at radius 2 is 2.05 bits per heavy atom. The van der Waals surface area contributed by atoms with Crippen molar-refractivity contribution in [3.63, 3.8) is 0 Å². The molecule has 0 aliphatic heterocycles. The molecule has 0 heterocycles. The molecule has 0 bridgehead atoms. The van der Waals surface area contributed by atoms with E-state index in [1.54, 1.807) is 0 Å². The first-order chi connectivity index (χ1) is 8.93. The molecule has 0 aliphatic rings. The summed E-state index contributed by atoms with van der Waals surface area (Å²) >= 11 is 0. The number of aryl methyl sites for hydroxylation is 2. The van der Waals surface area contributed by atoms with Crippen LogP contribution in [0.1, 0.15) is 55.8 Å². The summed E-state index contributed by atoms with van der Waals surface area (Å²) in [6, 6.07) is 6.30. The zero-order chi connectivity index (χ0) is 14.4. The number of nitrogens with one attached hydrogen (secondary N) is 1. The number of hydrogen-bond donors (Lipinski definition) is 2. The summed E-state index contributed by atoms with van der Waals surface area (Å²) in [5, 5.41) is 3.03. The molecule has 0 aromatic heterocycles. The van der Waals surface area contributed by atoms with Gasteiger partial charge >= 0.3 is 0 Å². The van der Waals surface area contributed by atoms with Crippen molar-refractivity contribution in [1.82, 2.24) is 5.32 Å². The van der Waals surface area contributed by atoms with E-state index < -0.39 is 0 Å². The number of nitrogens with two attached hydrogens (primary N) is 1. The van der Waals surface area contributed by atoms with E-state index >= 15 is 0 Å². The predicted octanol–water partition coefficient (Wildman–Crippen LogP) is 3.00. The summed E-state index contributed by atoms with van der Waals surface area (Å²) < 4.78 is 0. The van der Waals surface area contributed by atoms with Crippen molar-refractivity contribution in [3.8, 4) is 0 Å². The highest BCUT2D eigenvalue weighted by Crippen LogP contribution is 2.18.